The summed E-state index contributed by atoms with van der Waals surface area (Å²) in [5.74, 6) is -0.867. The minimum absolute atomic E-state index is 0.0260. The van der Waals surface area contributed by atoms with Crippen molar-refractivity contribution in [1.29, 1.82) is 0 Å². The topological polar surface area (TPSA) is 110 Å². The van der Waals surface area contributed by atoms with Crippen LogP contribution in [0, 0.1) is 0 Å². The van der Waals surface area contributed by atoms with Gasteiger partial charge in [0, 0.05) is 0 Å². The van der Waals surface area contributed by atoms with Crippen LogP contribution in [0.4, 0.5) is 0 Å². The molecule has 30 heavy (non-hydrogen) atoms. The van der Waals surface area contributed by atoms with E-state index in [0.717, 1.165) is 10.5 Å². The molecule has 4 atom stereocenters. The number of nitrogens with one attached hydrogen (secondary N) is 1. The Morgan fingerprint density at radius 2 is 1.93 bits per heavy atom. The Labute approximate surface area is 188 Å². The van der Waals surface area contributed by atoms with Gasteiger partial charge >= 0.3 is 5.97 Å². The molecular formula is C18H15Cl3N2O6S. The fraction of sp³-hybridized carbons (Fsp3) is 0.389. The van der Waals surface area contributed by atoms with E-state index >= 15 is 0 Å². The quantitative estimate of drug-likeness (QED) is 0.280. The Kier molecular flexibility index (Phi) is 6.89. The summed E-state index contributed by atoms with van der Waals surface area (Å²) in [4.78, 5) is 49.6. The molecule has 0 spiro atoms. The molecule has 3 rings (SSSR count). The molecule has 0 saturated carbocycles. The van der Waals surface area contributed by atoms with Gasteiger partial charge < -0.3 is 15.0 Å². The van der Waals surface area contributed by atoms with Gasteiger partial charge in [-0.25, -0.2) is 9.59 Å². The highest BCUT2D eigenvalue weighted by Crippen LogP contribution is 2.35. The molecule has 0 bridgehead atoms. The second-order valence-corrected chi connectivity index (χ2v) is 10.7. The van der Waals surface area contributed by atoms with Crippen molar-refractivity contribution in [2.75, 3.05) is 12.4 Å². The average molecular weight is 494 g/mol. The summed E-state index contributed by atoms with van der Waals surface area (Å²) in [6.45, 7) is -0.605. The van der Waals surface area contributed by atoms with Crippen LogP contribution in [0.1, 0.15) is 5.56 Å². The summed E-state index contributed by atoms with van der Waals surface area (Å²) in [7, 11) is -1.73. The lowest BCUT2D eigenvalue weighted by atomic mass is 9.98. The van der Waals surface area contributed by atoms with E-state index in [2.05, 4.69) is 5.32 Å². The number of alkyl halides is 3. The number of rotatable bonds is 5. The van der Waals surface area contributed by atoms with Crippen LogP contribution in [0.2, 0.25) is 0 Å². The van der Waals surface area contributed by atoms with E-state index < -0.39 is 56.4 Å². The van der Waals surface area contributed by atoms with Gasteiger partial charge in [-0.3, -0.25) is 13.8 Å². The van der Waals surface area contributed by atoms with E-state index in [1.165, 1.54) is 0 Å². The molecule has 1 aromatic rings. The van der Waals surface area contributed by atoms with Crippen molar-refractivity contribution < 1.29 is 28.1 Å². The average Bonchev–Trinajstić information content (AvgIpc) is 2.69. The lowest BCUT2D eigenvalue weighted by molar-refractivity contribution is -0.163. The maximum absolute atomic E-state index is 12.7. The molecule has 0 aromatic heterocycles. The van der Waals surface area contributed by atoms with E-state index in [4.69, 9.17) is 39.5 Å². The van der Waals surface area contributed by atoms with E-state index in [1.807, 2.05) is 0 Å². The van der Waals surface area contributed by atoms with Crippen molar-refractivity contribution in [3.63, 3.8) is 0 Å². The summed E-state index contributed by atoms with van der Waals surface area (Å²) < 4.78 is 15.6. The van der Waals surface area contributed by atoms with Crippen molar-refractivity contribution in [3.8, 4) is 0 Å². The van der Waals surface area contributed by atoms with Crippen LogP contribution in [0.25, 0.3) is 0 Å². The maximum atomic E-state index is 12.7. The highest BCUT2D eigenvalue weighted by molar-refractivity contribution is 7.86. The summed E-state index contributed by atoms with van der Waals surface area (Å²) in [6, 6.07) is 6.34. The lowest BCUT2D eigenvalue weighted by Gasteiger charge is -2.51. The third kappa shape index (κ3) is 4.87. The summed E-state index contributed by atoms with van der Waals surface area (Å²) >= 11 is 16.7. The van der Waals surface area contributed by atoms with Crippen LogP contribution in [0.5, 0.6) is 0 Å². The van der Waals surface area contributed by atoms with Crippen LogP contribution < -0.4 is 5.32 Å². The van der Waals surface area contributed by atoms with Gasteiger partial charge in [0.2, 0.25) is 15.6 Å². The zero-order chi connectivity index (χ0) is 22.1. The monoisotopic (exact) mass is 492 g/mol. The van der Waals surface area contributed by atoms with Gasteiger partial charge in [0.1, 0.15) is 24.0 Å². The molecule has 8 nitrogen and oxygen atoms in total. The molecule has 2 aliphatic heterocycles. The number of fused-ring (bicyclic) bond motifs is 1. The highest BCUT2D eigenvalue weighted by Gasteiger charge is 2.60. The highest BCUT2D eigenvalue weighted by atomic mass is 35.6. The normalized spacial score (nSPS) is 25.6. The van der Waals surface area contributed by atoms with E-state index in [0.29, 0.717) is 0 Å². The number of β-lactam (4-membered cyclic amide) rings is 1. The second-order valence-electron chi connectivity index (χ2n) is 6.62. The second kappa shape index (κ2) is 9.08. The smallest absolute Gasteiger partial charge is 0.334 e. The molecule has 1 aromatic carbocycles. The van der Waals surface area contributed by atoms with Crippen LogP contribution >= 0.6 is 34.8 Å². The number of carbonyl (C=O) groups excluding carboxylic acids is 4. The third-order valence-electron chi connectivity index (χ3n) is 4.51. The molecule has 3 unspecified atom stereocenters. The first kappa shape index (κ1) is 22.8. The Morgan fingerprint density at radius 1 is 1.27 bits per heavy atom. The number of carbonyl (C=O) groups is 3. The number of hydrogen-bond acceptors (Lipinski definition) is 6. The molecule has 160 valence electrons. The minimum Gasteiger partial charge on any atom is -0.459 e. The number of nitrogens with zero attached hydrogens (tertiary/aromatic N) is 1. The van der Waals surface area contributed by atoms with E-state index in [1.54, 1.807) is 36.3 Å². The first-order valence-electron chi connectivity index (χ1n) is 8.62. The van der Waals surface area contributed by atoms with Gasteiger partial charge in [-0.1, -0.05) is 65.1 Å². The lowest BCUT2D eigenvalue weighted by Crippen LogP contribution is -2.77. The summed E-state index contributed by atoms with van der Waals surface area (Å²) in [5.41, 5.74) is 0.532. The van der Waals surface area contributed by atoms with Gasteiger partial charge in [-0.15, -0.1) is 0 Å². The van der Waals surface area contributed by atoms with Gasteiger partial charge in [0.05, 0.1) is 28.5 Å². The first-order valence-corrected chi connectivity index (χ1v) is 11.1. The van der Waals surface area contributed by atoms with Gasteiger partial charge in [0.15, 0.2) is 6.04 Å². The van der Waals surface area contributed by atoms with Crippen LogP contribution in [-0.2, 0) is 41.1 Å². The van der Waals surface area contributed by atoms with Crippen molar-refractivity contribution in [2.24, 2.45) is 0 Å². The zero-order valence-corrected chi connectivity index (χ0v) is 18.3. The molecular weight excluding hydrogens is 479 g/mol. The Bertz CT molecular complexity index is 945. The minimum atomic E-state index is -1.88. The molecule has 2 amide bonds. The largest absolute Gasteiger partial charge is 0.459 e. The molecule has 2 heterocycles. The fourth-order valence-corrected chi connectivity index (χ4v) is 5.06. The van der Waals surface area contributed by atoms with Gasteiger partial charge in [0.25, 0.3) is 0 Å². The Morgan fingerprint density at radius 3 is 2.53 bits per heavy atom. The first-order chi connectivity index (χ1) is 14.1. The zero-order valence-electron chi connectivity index (χ0n) is 15.2. The van der Waals surface area contributed by atoms with Crippen LogP contribution in [0.15, 0.2) is 35.9 Å². The summed E-state index contributed by atoms with van der Waals surface area (Å²) in [6.07, 6.45) is 0.0260. The molecule has 0 radical (unpaired) electrons. The molecule has 2 saturated heterocycles. The Hall–Kier alpha value is -1.90. The number of ether oxygens (including phenoxy) is 1. The van der Waals surface area contributed by atoms with E-state index in [9.17, 15) is 23.4 Å². The predicted molar refractivity (Wildman–Crippen MR) is 110 cm³/mol. The van der Waals surface area contributed by atoms with Crippen LogP contribution in [0.3, 0.4) is 0 Å². The van der Waals surface area contributed by atoms with E-state index in [-0.39, 0.29) is 17.7 Å². The maximum Gasteiger partial charge on any atom is 0.334 e. The predicted octanol–water partition coefficient (Wildman–Crippen LogP) is 0.684. The number of amides is 2. The van der Waals surface area contributed by atoms with Crippen molar-refractivity contribution in [2.45, 2.75) is 27.7 Å². The molecule has 12 heteroatoms. The molecule has 2 aliphatic rings. The Balaban J connectivity index is 1.73. The molecule has 1 N–H and O–H groups in total. The van der Waals surface area contributed by atoms with Gasteiger partial charge in [-0.05, 0) is 5.56 Å². The van der Waals surface area contributed by atoms with Crippen molar-refractivity contribution in [1.82, 2.24) is 10.2 Å². The number of esters is 1. The molecule has 0 aliphatic carbocycles. The fourth-order valence-electron chi connectivity index (χ4n) is 3.24. The number of hydrogen-bond donors (Lipinski definition) is 1. The standard InChI is InChI=1S/C18H15Cl3N2O6S/c19-18(20,21)9-29-17(27)14-11(7-24)8-30(28)16-13(15(26)23(14)16)22-12(25)6-10-4-2-1-3-5-10/h1-5,13-14,16H,6,8-9H2,(H,22,25)/t13?,14?,16-,30?/m1/s1. The third-order valence-corrected chi connectivity index (χ3v) is 6.47. The molecule has 2 fully saturated rings. The van der Waals surface area contributed by atoms with Crippen molar-refractivity contribution >= 4 is 69.3 Å². The summed E-state index contributed by atoms with van der Waals surface area (Å²) in [5, 5.41) is 1.56. The SMILES string of the molecule is O=C=C1CS(=O)[C@@H]2C(NC(=O)Cc3ccccc3)C(=O)N2C1C(=O)OCC(Cl)(Cl)Cl. The van der Waals surface area contributed by atoms with Crippen LogP contribution in [-0.4, -0.2) is 66.4 Å². The number of benzene rings is 1. The van der Waals surface area contributed by atoms with Gasteiger partial charge in [-0.2, -0.15) is 0 Å². The van der Waals surface area contributed by atoms with Crippen molar-refractivity contribution in [3.05, 3.63) is 41.5 Å². The number of halogens is 3.